The molecule has 1 atom stereocenters. The van der Waals surface area contributed by atoms with E-state index in [1.165, 1.54) is 0 Å². The Labute approximate surface area is 138 Å². The number of hydrogen-bond acceptors (Lipinski definition) is 3. The third-order valence-corrected chi connectivity index (χ3v) is 4.01. The topological polar surface area (TPSA) is 70.2 Å². The Balaban J connectivity index is 0.00000220. The molecule has 21 heavy (non-hydrogen) atoms. The van der Waals surface area contributed by atoms with E-state index in [0.717, 1.165) is 17.6 Å². The van der Waals surface area contributed by atoms with Crippen LogP contribution in [0.25, 0.3) is 0 Å². The number of amides is 2. The lowest BCUT2D eigenvalue weighted by molar-refractivity contribution is -0.128. The first-order valence-corrected chi connectivity index (χ1v) is 7.39. The molecule has 1 heterocycles. The molecule has 1 aliphatic heterocycles. The fraction of sp³-hybridized carbons (Fsp3) is 0.429. The van der Waals surface area contributed by atoms with Gasteiger partial charge in [-0.25, -0.2) is 0 Å². The molecular formula is C14H19BrClN3O2. The van der Waals surface area contributed by atoms with Crippen LogP contribution in [0.1, 0.15) is 6.92 Å². The van der Waals surface area contributed by atoms with Gasteiger partial charge in [-0.15, -0.1) is 12.4 Å². The van der Waals surface area contributed by atoms with Crippen LogP contribution in [-0.4, -0.2) is 31.4 Å². The molecule has 2 rings (SSSR count). The number of benzene rings is 1. The molecule has 0 aromatic heterocycles. The molecule has 1 unspecified atom stereocenters. The fourth-order valence-corrected chi connectivity index (χ4v) is 2.21. The average Bonchev–Trinajstić information content (AvgIpc) is 2.36. The van der Waals surface area contributed by atoms with Crippen molar-refractivity contribution < 1.29 is 9.59 Å². The molecule has 7 heteroatoms. The van der Waals surface area contributed by atoms with Crippen LogP contribution in [0.5, 0.6) is 0 Å². The zero-order valence-corrected chi connectivity index (χ0v) is 14.1. The van der Waals surface area contributed by atoms with E-state index in [1.54, 1.807) is 12.1 Å². The molecule has 116 valence electrons. The summed E-state index contributed by atoms with van der Waals surface area (Å²) >= 11 is 3.33. The fourth-order valence-electron chi connectivity index (χ4n) is 1.95. The van der Waals surface area contributed by atoms with Crippen LogP contribution in [0, 0.1) is 11.8 Å². The smallest absolute Gasteiger partial charge is 0.243 e. The Morgan fingerprint density at radius 2 is 1.95 bits per heavy atom. The highest BCUT2D eigenvalue weighted by atomic mass is 79.9. The standard InChI is InChI=1S/C14H18BrN3O2.ClH/c1-9(10-6-16-7-10)14(20)17-8-13(19)18-12-4-2-11(15)3-5-12;/h2-5,9-10,16H,6-8H2,1H3,(H,17,20)(H,18,19);1H. The lowest BCUT2D eigenvalue weighted by atomic mass is 9.88. The number of anilines is 1. The molecule has 1 saturated heterocycles. The minimum Gasteiger partial charge on any atom is -0.347 e. The van der Waals surface area contributed by atoms with E-state index in [1.807, 2.05) is 19.1 Å². The Kier molecular flexibility index (Phi) is 7.14. The van der Waals surface area contributed by atoms with Crippen LogP contribution in [0.4, 0.5) is 5.69 Å². The van der Waals surface area contributed by atoms with E-state index in [4.69, 9.17) is 0 Å². The van der Waals surface area contributed by atoms with Gasteiger partial charge in [-0.3, -0.25) is 9.59 Å². The molecule has 0 radical (unpaired) electrons. The lowest BCUT2D eigenvalue weighted by Gasteiger charge is -2.31. The summed E-state index contributed by atoms with van der Waals surface area (Å²) in [6, 6.07) is 7.29. The van der Waals surface area contributed by atoms with Gasteiger partial charge in [0.15, 0.2) is 0 Å². The summed E-state index contributed by atoms with van der Waals surface area (Å²) in [4.78, 5) is 23.6. The molecule has 5 nitrogen and oxygen atoms in total. The molecule has 0 bridgehead atoms. The minimum absolute atomic E-state index is 0. The summed E-state index contributed by atoms with van der Waals surface area (Å²) in [5.41, 5.74) is 0.712. The molecule has 0 saturated carbocycles. The van der Waals surface area contributed by atoms with Crippen molar-refractivity contribution in [3.05, 3.63) is 28.7 Å². The lowest BCUT2D eigenvalue weighted by Crippen LogP contribution is -2.50. The Morgan fingerprint density at radius 3 is 2.48 bits per heavy atom. The van der Waals surface area contributed by atoms with Crippen LogP contribution in [0.15, 0.2) is 28.7 Å². The van der Waals surface area contributed by atoms with Crippen molar-refractivity contribution in [3.8, 4) is 0 Å². The van der Waals surface area contributed by atoms with Gasteiger partial charge in [0.1, 0.15) is 0 Å². The maximum absolute atomic E-state index is 11.9. The van der Waals surface area contributed by atoms with Gasteiger partial charge in [-0.1, -0.05) is 22.9 Å². The number of hydrogen-bond donors (Lipinski definition) is 3. The van der Waals surface area contributed by atoms with Crippen molar-refractivity contribution >= 4 is 45.8 Å². The quantitative estimate of drug-likeness (QED) is 0.734. The van der Waals surface area contributed by atoms with Crippen LogP contribution in [-0.2, 0) is 9.59 Å². The normalized spacial score (nSPS) is 15.3. The van der Waals surface area contributed by atoms with Gasteiger partial charge in [-0.05, 0) is 43.3 Å². The molecule has 1 fully saturated rings. The van der Waals surface area contributed by atoms with Gasteiger partial charge in [0.25, 0.3) is 0 Å². The molecule has 0 aliphatic carbocycles. The third kappa shape index (κ3) is 5.30. The van der Waals surface area contributed by atoms with E-state index in [0.29, 0.717) is 11.6 Å². The second-order valence-electron chi connectivity index (χ2n) is 4.98. The molecular weight excluding hydrogens is 358 g/mol. The number of carbonyl (C=O) groups is 2. The van der Waals surface area contributed by atoms with Crippen LogP contribution in [0.2, 0.25) is 0 Å². The predicted octanol–water partition coefficient (Wildman–Crippen LogP) is 1.78. The van der Waals surface area contributed by atoms with Gasteiger partial charge in [0, 0.05) is 16.1 Å². The highest BCUT2D eigenvalue weighted by Crippen LogP contribution is 2.16. The van der Waals surface area contributed by atoms with Crippen molar-refractivity contribution in [2.75, 3.05) is 25.0 Å². The van der Waals surface area contributed by atoms with Crippen molar-refractivity contribution in [1.82, 2.24) is 10.6 Å². The number of nitrogens with one attached hydrogen (secondary N) is 3. The SMILES string of the molecule is CC(C(=O)NCC(=O)Nc1ccc(Br)cc1)C1CNC1.Cl. The van der Waals surface area contributed by atoms with Crippen LogP contribution >= 0.6 is 28.3 Å². The van der Waals surface area contributed by atoms with Crippen molar-refractivity contribution in [3.63, 3.8) is 0 Å². The third-order valence-electron chi connectivity index (χ3n) is 3.48. The number of carbonyl (C=O) groups excluding carboxylic acids is 2. The predicted molar refractivity (Wildman–Crippen MR) is 88.6 cm³/mol. The summed E-state index contributed by atoms with van der Waals surface area (Å²) in [6.07, 6.45) is 0. The second-order valence-corrected chi connectivity index (χ2v) is 5.90. The number of rotatable bonds is 5. The highest BCUT2D eigenvalue weighted by Gasteiger charge is 2.28. The Hall–Kier alpha value is -1.11. The summed E-state index contributed by atoms with van der Waals surface area (Å²) in [5.74, 6) is 0.0309. The summed E-state index contributed by atoms with van der Waals surface area (Å²) < 4.78 is 0.951. The zero-order valence-electron chi connectivity index (χ0n) is 11.7. The van der Waals surface area contributed by atoms with E-state index < -0.39 is 0 Å². The molecule has 2 amide bonds. The minimum atomic E-state index is -0.223. The molecule has 1 aromatic rings. The first-order valence-electron chi connectivity index (χ1n) is 6.60. The number of halogens is 2. The van der Waals surface area contributed by atoms with E-state index in [2.05, 4.69) is 31.9 Å². The Morgan fingerprint density at radius 1 is 1.33 bits per heavy atom. The second kappa shape index (κ2) is 8.36. The molecule has 1 aromatic carbocycles. The molecule has 0 spiro atoms. The maximum atomic E-state index is 11.9. The average molecular weight is 377 g/mol. The Bertz CT molecular complexity index is 491. The van der Waals surface area contributed by atoms with Crippen LogP contribution in [0.3, 0.4) is 0 Å². The summed E-state index contributed by atoms with van der Waals surface area (Å²) in [5, 5.41) is 8.54. The van der Waals surface area contributed by atoms with E-state index >= 15 is 0 Å². The first kappa shape index (κ1) is 17.9. The largest absolute Gasteiger partial charge is 0.347 e. The van der Waals surface area contributed by atoms with Crippen molar-refractivity contribution in [1.29, 1.82) is 0 Å². The van der Waals surface area contributed by atoms with Crippen molar-refractivity contribution in [2.24, 2.45) is 11.8 Å². The summed E-state index contributed by atoms with van der Waals surface area (Å²) in [7, 11) is 0. The molecule has 1 aliphatic rings. The van der Waals surface area contributed by atoms with Crippen LogP contribution < -0.4 is 16.0 Å². The van der Waals surface area contributed by atoms with Gasteiger partial charge < -0.3 is 16.0 Å². The van der Waals surface area contributed by atoms with Gasteiger partial charge >= 0.3 is 0 Å². The highest BCUT2D eigenvalue weighted by molar-refractivity contribution is 9.10. The first-order chi connectivity index (χ1) is 9.56. The molecule has 3 N–H and O–H groups in total. The zero-order chi connectivity index (χ0) is 14.5. The van der Waals surface area contributed by atoms with Crippen molar-refractivity contribution in [2.45, 2.75) is 6.92 Å². The van der Waals surface area contributed by atoms with E-state index in [9.17, 15) is 9.59 Å². The maximum Gasteiger partial charge on any atom is 0.243 e. The van der Waals surface area contributed by atoms with E-state index in [-0.39, 0.29) is 36.7 Å². The van der Waals surface area contributed by atoms with Gasteiger partial charge in [0.2, 0.25) is 11.8 Å². The summed E-state index contributed by atoms with van der Waals surface area (Å²) in [6.45, 7) is 3.65. The van der Waals surface area contributed by atoms with Gasteiger partial charge in [0.05, 0.1) is 6.54 Å². The van der Waals surface area contributed by atoms with Gasteiger partial charge in [-0.2, -0.15) is 0 Å². The monoisotopic (exact) mass is 375 g/mol.